The van der Waals surface area contributed by atoms with Crippen LogP contribution in [0.4, 0.5) is 5.69 Å². The van der Waals surface area contributed by atoms with Gasteiger partial charge in [-0.05, 0) is 55.3 Å². The van der Waals surface area contributed by atoms with Crippen LogP contribution in [0.1, 0.15) is 12.0 Å². The van der Waals surface area contributed by atoms with Crippen molar-refractivity contribution >= 4 is 33.4 Å². The van der Waals surface area contributed by atoms with Crippen LogP contribution in [-0.2, 0) is 6.42 Å². The minimum Gasteiger partial charge on any atom is -0.330 e. The molecule has 2 rings (SSSR count). The zero-order chi connectivity index (χ0) is 15.2. The first kappa shape index (κ1) is 16.0. The molecule has 0 saturated carbocycles. The van der Waals surface area contributed by atoms with E-state index >= 15 is 0 Å². The van der Waals surface area contributed by atoms with Crippen molar-refractivity contribution in [3.05, 3.63) is 62.6 Å². The summed E-state index contributed by atoms with van der Waals surface area (Å²) >= 11 is 4.77. The molecule has 21 heavy (non-hydrogen) atoms. The molecular weight excluding hydrogens is 352 g/mol. The van der Waals surface area contributed by atoms with Crippen molar-refractivity contribution in [2.75, 3.05) is 6.54 Å². The fourth-order valence-corrected chi connectivity index (χ4v) is 3.05. The van der Waals surface area contributed by atoms with E-state index in [1.54, 1.807) is 6.07 Å². The van der Waals surface area contributed by atoms with E-state index in [2.05, 4.69) is 15.9 Å². The van der Waals surface area contributed by atoms with Gasteiger partial charge in [0, 0.05) is 15.4 Å². The molecule has 6 heteroatoms. The molecule has 0 aliphatic heterocycles. The van der Waals surface area contributed by atoms with E-state index in [1.807, 2.05) is 36.4 Å². The Balaban J connectivity index is 2.25. The summed E-state index contributed by atoms with van der Waals surface area (Å²) in [5.74, 6) is 0. The number of nitrogens with zero attached hydrogens (tertiary/aromatic N) is 1. The number of halogens is 1. The van der Waals surface area contributed by atoms with Gasteiger partial charge in [0.15, 0.2) is 0 Å². The lowest BCUT2D eigenvalue weighted by molar-refractivity contribution is -0.387. The molecule has 0 aromatic heterocycles. The van der Waals surface area contributed by atoms with E-state index in [0.717, 1.165) is 27.8 Å². The van der Waals surface area contributed by atoms with Crippen molar-refractivity contribution in [1.82, 2.24) is 0 Å². The van der Waals surface area contributed by atoms with Crippen LogP contribution >= 0.6 is 27.7 Å². The second-order valence-electron chi connectivity index (χ2n) is 4.51. The van der Waals surface area contributed by atoms with Gasteiger partial charge < -0.3 is 5.73 Å². The Morgan fingerprint density at radius 3 is 2.52 bits per heavy atom. The average molecular weight is 367 g/mol. The van der Waals surface area contributed by atoms with Crippen molar-refractivity contribution in [2.45, 2.75) is 22.6 Å². The summed E-state index contributed by atoms with van der Waals surface area (Å²) in [6.07, 6.45) is 1.59. The van der Waals surface area contributed by atoms with Crippen molar-refractivity contribution in [2.24, 2.45) is 5.73 Å². The maximum atomic E-state index is 11.3. The molecule has 0 aliphatic carbocycles. The van der Waals surface area contributed by atoms with Crippen LogP contribution in [-0.4, -0.2) is 11.5 Å². The van der Waals surface area contributed by atoms with Crippen LogP contribution in [0.25, 0.3) is 0 Å². The molecule has 110 valence electrons. The lowest BCUT2D eigenvalue weighted by atomic mass is 10.1. The third kappa shape index (κ3) is 4.56. The average Bonchev–Trinajstić information content (AvgIpc) is 2.48. The molecule has 0 spiro atoms. The largest absolute Gasteiger partial charge is 0.330 e. The quantitative estimate of drug-likeness (QED) is 0.607. The first-order chi connectivity index (χ1) is 10.1. The van der Waals surface area contributed by atoms with Gasteiger partial charge in [-0.1, -0.05) is 33.8 Å². The molecule has 2 aromatic carbocycles. The van der Waals surface area contributed by atoms with Gasteiger partial charge in [-0.2, -0.15) is 0 Å². The van der Waals surface area contributed by atoms with Crippen molar-refractivity contribution in [3.8, 4) is 0 Å². The Bertz CT molecular complexity index is 632. The topological polar surface area (TPSA) is 69.2 Å². The highest BCUT2D eigenvalue weighted by molar-refractivity contribution is 9.10. The smallest absolute Gasteiger partial charge is 0.283 e. The van der Waals surface area contributed by atoms with Gasteiger partial charge in [0.1, 0.15) is 0 Å². The van der Waals surface area contributed by atoms with Crippen LogP contribution in [0, 0.1) is 10.1 Å². The van der Waals surface area contributed by atoms with Crippen molar-refractivity contribution in [3.63, 3.8) is 0 Å². The number of nitro groups is 1. The second-order valence-corrected chi connectivity index (χ2v) is 6.54. The Morgan fingerprint density at radius 2 is 1.90 bits per heavy atom. The predicted octanol–water partition coefficient (Wildman–Crippen LogP) is 4.40. The SMILES string of the molecule is NCCCc1ccc(Sc2ccc(Br)cc2)c([N+](=O)[O-])c1. The van der Waals surface area contributed by atoms with Gasteiger partial charge in [-0.25, -0.2) is 0 Å². The Hall–Kier alpha value is -1.37. The normalized spacial score (nSPS) is 10.6. The lowest BCUT2D eigenvalue weighted by Crippen LogP contribution is -2.01. The molecule has 4 nitrogen and oxygen atoms in total. The summed E-state index contributed by atoms with van der Waals surface area (Å²) in [7, 11) is 0. The number of nitrogens with two attached hydrogens (primary N) is 1. The maximum Gasteiger partial charge on any atom is 0.283 e. The van der Waals surface area contributed by atoms with Crippen LogP contribution in [0.3, 0.4) is 0 Å². The van der Waals surface area contributed by atoms with E-state index in [0.29, 0.717) is 11.4 Å². The van der Waals surface area contributed by atoms with Crippen molar-refractivity contribution < 1.29 is 4.92 Å². The van der Waals surface area contributed by atoms with E-state index in [-0.39, 0.29) is 10.6 Å². The number of nitro benzene ring substituents is 1. The van der Waals surface area contributed by atoms with Gasteiger partial charge in [-0.3, -0.25) is 10.1 Å². The lowest BCUT2D eigenvalue weighted by Gasteiger charge is -2.06. The first-order valence-electron chi connectivity index (χ1n) is 6.51. The molecule has 0 fully saturated rings. The number of hydrogen-bond acceptors (Lipinski definition) is 4. The molecule has 2 aromatic rings. The van der Waals surface area contributed by atoms with Gasteiger partial charge in [0.05, 0.1) is 9.82 Å². The summed E-state index contributed by atoms with van der Waals surface area (Å²) in [6.45, 7) is 0.587. The highest BCUT2D eigenvalue weighted by Crippen LogP contribution is 2.35. The molecule has 0 radical (unpaired) electrons. The fourth-order valence-electron chi connectivity index (χ4n) is 1.88. The molecule has 0 atom stereocenters. The zero-order valence-corrected chi connectivity index (χ0v) is 13.7. The van der Waals surface area contributed by atoms with Gasteiger partial charge in [-0.15, -0.1) is 0 Å². The number of hydrogen-bond donors (Lipinski definition) is 1. The minimum atomic E-state index is -0.326. The van der Waals surface area contributed by atoms with Crippen LogP contribution < -0.4 is 5.73 Å². The maximum absolute atomic E-state index is 11.3. The third-order valence-electron chi connectivity index (χ3n) is 2.93. The second kappa shape index (κ2) is 7.59. The molecule has 0 amide bonds. The minimum absolute atomic E-state index is 0.150. The van der Waals surface area contributed by atoms with E-state index in [9.17, 15) is 10.1 Å². The monoisotopic (exact) mass is 366 g/mol. The molecule has 0 unspecified atom stereocenters. The van der Waals surface area contributed by atoms with Crippen molar-refractivity contribution in [1.29, 1.82) is 0 Å². The molecular formula is C15H15BrN2O2S. The van der Waals surface area contributed by atoms with E-state index in [1.165, 1.54) is 11.8 Å². The Morgan fingerprint density at radius 1 is 1.19 bits per heavy atom. The van der Waals surface area contributed by atoms with Crippen LogP contribution in [0.5, 0.6) is 0 Å². The summed E-state index contributed by atoms with van der Waals surface area (Å²) < 4.78 is 0.985. The third-order valence-corrected chi connectivity index (χ3v) is 4.53. The number of rotatable bonds is 6. The van der Waals surface area contributed by atoms with Crippen LogP contribution in [0.15, 0.2) is 56.7 Å². The molecule has 0 saturated heterocycles. The van der Waals surface area contributed by atoms with E-state index < -0.39 is 0 Å². The van der Waals surface area contributed by atoms with E-state index in [4.69, 9.17) is 5.73 Å². The summed E-state index contributed by atoms with van der Waals surface area (Å²) in [5, 5.41) is 11.3. The molecule has 2 N–H and O–H groups in total. The fraction of sp³-hybridized carbons (Fsp3) is 0.200. The Kier molecular flexibility index (Phi) is 5.78. The first-order valence-corrected chi connectivity index (χ1v) is 8.12. The summed E-state index contributed by atoms with van der Waals surface area (Å²) in [4.78, 5) is 12.5. The number of aryl methyl sites for hydroxylation is 1. The molecule has 0 bridgehead atoms. The van der Waals surface area contributed by atoms with Gasteiger partial charge >= 0.3 is 0 Å². The summed E-state index contributed by atoms with van der Waals surface area (Å²) in [5.41, 5.74) is 6.58. The Labute approximate surface area is 136 Å². The molecule has 0 heterocycles. The number of benzene rings is 2. The van der Waals surface area contributed by atoms with Gasteiger partial charge in [0.25, 0.3) is 5.69 Å². The highest BCUT2D eigenvalue weighted by Gasteiger charge is 2.15. The standard InChI is InChI=1S/C15H15BrN2O2S/c16-12-4-6-13(7-5-12)21-15-8-3-11(2-1-9-17)10-14(15)18(19)20/h3-8,10H,1-2,9,17H2. The highest BCUT2D eigenvalue weighted by atomic mass is 79.9. The predicted molar refractivity (Wildman–Crippen MR) is 88.7 cm³/mol. The zero-order valence-electron chi connectivity index (χ0n) is 11.3. The summed E-state index contributed by atoms with van der Waals surface area (Å²) in [6, 6.07) is 13.1. The van der Waals surface area contributed by atoms with Crippen LogP contribution in [0.2, 0.25) is 0 Å². The van der Waals surface area contributed by atoms with Gasteiger partial charge in [0.2, 0.25) is 0 Å². The molecule has 0 aliphatic rings.